The van der Waals surface area contributed by atoms with Crippen molar-refractivity contribution < 1.29 is 9.53 Å². The molecule has 2 aliphatic rings. The largest absolute Gasteiger partial charge is 0.489 e. The Morgan fingerprint density at radius 2 is 1.73 bits per heavy atom. The quantitative estimate of drug-likeness (QED) is 0.298. The summed E-state index contributed by atoms with van der Waals surface area (Å²) in [5, 5.41) is 5.52. The fourth-order valence-corrected chi connectivity index (χ4v) is 5.57. The molecule has 37 heavy (non-hydrogen) atoms. The fourth-order valence-electron chi connectivity index (χ4n) is 4.62. The smallest absolute Gasteiger partial charge is 0.251 e. The summed E-state index contributed by atoms with van der Waals surface area (Å²) >= 11 is 24.9. The summed E-state index contributed by atoms with van der Waals surface area (Å²) < 4.78 is 6.05. The van der Waals surface area contributed by atoms with Gasteiger partial charge in [0.2, 0.25) is 0 Å². The van der Waals surface area contributed by atoms with E-state index in [1.807, 2.05) is 53.4 Å². The first kappa shape index (κ1) is 26.4. The summed E-state index contributed by atoms with van der Waals surface area (Å²) in [5.74, 6) is 0.761. The van der Waals surface area contributed by atoms with Crippen LogP contribution in [-0.4, -0.2) is 29.9 Å². The molecule has 5 rings (SSSR count). The minimum absolute atomic E-state index is 0.0423. The van der Waals surface area contributed by atoms with E-state index in [-0.39, 0.29) is 11.9 Å². The van der Waals surface area contributed by atoms with E-state index >= 15 is 0 Å². The molecule has 8 heteroatoms. The lowest BCUT2D eigenvalue weighted by molar-refractivity contribution is -0.128. The summed E-state index contributed by atoms with van der Waals surface area (Å²) in [7, 11) is 0. The van der Waals surface area contributed by atoms with Gasteiger partial charge in [-0.25, -0.2) is 0 Å². The number of hydrogen-bond acceptors (Lipinski definition) is 3. The number of ether oxygens (including phenoxy) is 1. The topological polar surface area (TPSA) is 41.6 Å². The molecule has 1 amide bonds. The van der Waals surface area contributed by atoms with Crippen LogP contribution in [0, 0.1) is 0 Å². The zero-order valence-electron chi connectivity index (χ0n) is 20.1. The molecule has 4 nitrogen and oxygen atoms in total. The number of nitrogens with one attached hydrogen (secondary N) is 1. The molecule has 192 valence electrons. The van der Waals surface area contributed by atoms with E-state index in [2.05, 4.69) is 5.32 Å². The second-order valence-corrected chi connectivity index (χ2v) is 11.0. The van der Waals surface area contributed by atoms with E-state index in [1.165, 1.54) is 0 Å². The Kier molecular flexibility index (Phi) is 8.33. The van der Waals surface area contributed by atoms with E-state index in [0.717, 1.165) is 59.4 Å². The van der Waals surface area contributed by atoms with Gasteiger partial charge in [0, 0.05) is 34.7 Å². The predicted octanol–water partition coefficient (Wildman–Crippen LogP) is 7.82. The van der Waals surface area contributed by atoms with Gasteiger partial charge in [0.25, 0.3) is 5.91 Å². The van der Waals surface area contributed by atoms with Gasteiger partial charge >= 0.3 is 0 Å². The molecule has 1 heterocycles. The van der Waals surface area contributed by atoms with Crippen molar-refractivity contribution in [1.82, 2.24) is 10.2 Å². The first-order chi connectivity index (χ1) is 17.9. The molecule has 1 saturated carbocycles. The highest BCUT2D eigenvalue weighted by molar-refractivity contribution is 6.42. The van der Waals surface area contributed by atoms with Crippen molar-refractivity contribution in [2.45, 2.75) is 38.5 Å². The Morgan fingerprint density at radius 1 is 0.973 bits per heavy atom. The molecule has 1 fully saturated rings. The Morgan fingerprint density at radius 3 is 2.49 bits per heavy atom. The van der Waals surface area contributed by atoms with Gasteiger partial charge in [0.1, 0.15) is 12.4 Å². The van der Waals surface area contributed by atoms with E-state index in [9.17, 15) is 4.79 Å². The van der Waals surface area contributed by atoms with Crippen LogP contribution in [0.25, 0.3) is 5.57 Å². The summed E-state index contributed by atoms with van der Waals surface area (Å²) in [6.07, 6.45) is 2.75. The van der Waals surface area contributed by atoms with Crippen molar-refractivity contribution in [2.75, 3.05) is 13.1 Å². The molecule has 0 atom stereocenters. The molecule has 3 aromatic rings. The number of hydrogen-bond donors (Lipinski definition) is 1. The number of nitrogens with zero attached hydrogens (tertiary/aromatic N) is 1. The van der Waals surface area contributed by atoms with Gasteiger partial charge in [-0.15, -0.1) is 0 Å². The van der Waals surface area contributed by atoms with E-state index < -0.39 is 0 Å². The minimum Gasteiger partial charge on any atom is -0.489 e. The van der Waals surface area contributed by atoms with Crippen LogP contribution in [-0.2, 0) is 17.9 Å². The van der Waals surface area contributed by atoms with Crippen molar-refractivity contribution in [1.29, 1.82) is 0 Å². The Balaban J connectivity index is 1.40. The highest BCUT2D eigenvalue weighted by Crippen LogP contribution is 2.35. The second kappa shape index (κ2) is 11.7. The summed E-state index contributed by atoms with van der Waals surface area (Å²) in [6.45, 7) is 2.10. The monoisotopic (exact) mass is 574 g/mol. The first-order valence-electron chi connectivity index (χ1n) is 12.2. The normalized spacial score (nSPS) is 15.6. The second-order valence-electron chi connectivity index (χ2n) is 9.36. The van der Waals surface area contributed by atoms with Crippen LogP contribution in [0.4, 0.5) is 0 Å². The average molecular weight is 576 g/mol. The van der Waals surface area contributed by atoms with Crippen LogP contribution in [0.5, 0.6) is 5.75 Å². The Labute approximate surface area is 237 Å². The van der Waals surface area contributed by atoms with Crippen molar-refractivity contribution in [2.24, 2.45) is 0 Å². The third-order valence-electron chi connectivity index (χ3n) is 6.61. The van der Waals surface area contributed by atoms with E-state index in [1.54, 1.807) is 12.1 Å². The average Bonchev–Trinajstić information content (AvgIpc) is 3.73. The van der Waals surface area contributed by atoms with Gasteiger partial charge in [0.05, 0.1) is 10.0 Å². The molecule has 1 aliphatic heterocycles. The van der Waals surface area contributed by atoms with Crippen molar-refractivity contribution >= 4 is 57.9 Å². The SMILES string of the molecule is O=C(C1=C(c2cccc(OCc3cc(Cl)cc(Cl)c3)c2)CCNC1)N(Cc1cccc(Cl)c1Cl)C1CC1. The van der Waals surface area contributed by atoms with Gasteiger partial charge in [-0.1, -0.05) is 70.7 Å². The zero-order valence-corrected chi connectivity index (χ0v) is 23.1. The number of halogens is 4. The number of rotatable bonds is 8. The van der Waals surface area contributed by atoms with Crippen LogP contribution in [0.2, 0.25) is 20.1 Å². The van der Waals surface area contributed by atoms with Gasteiger partial charge in [-0.3, -0.25) is 4.79 Å². The van der Waals surface area contributed by atoms with Crippen molar-refractivity contribution in [3.63, 3.8) is 0 Å². The molecule has 0 saturated heterocycles. The lowest BCUT2D eigenvalue weighted by Gasteiger charge is -2.28. The van der Waals surface area contributed by atoms with Crippen LogP contribution in [0.15, 0.2) is 66.2 Å². The molecule has 0 spiro atoms. The Bertz CT molecular complexity index is 1330. The molecular weight excluding hydrogens is 550 g/mol. The lowest BCUT2D eigenvalue weighted by Crippen LogP contribution is -2.39. The summed E-state index contributed by atoms with van der Waals surface area (Å²) in [6, 6.07) is 19.0. The molecule has 0 radical (unpaired) electrons. The minimum atomic E-state index is 0.0423. The third kappa shape index (κ3) is 6.45. The molecule has 3 aromatic carbocycles. The van der Waals surface area contributed by atoms with E-state index in [4.69, 9.17) is 51.1 Å². The van der Waals surface area contributed by atoms with Gasteiger partial charge in [0.15, 0.2) is 0 Å². The molecular formula is C29H26Cl4N2O2. The summed E-state index contributed by atoms with van der Waals surface area (Å²) in [4.78, 5) is 15.9. The number of carbonyl (C=O) groups excluding carboxylic acids is 1. The molecule has 0 aromatic heterocycles. The van der Waals surface area contributed by atoms with Crippen LogP contribution < -0.4 is 10.1 Å². The maximum atomic E-state index is 13.9. The Hall–Kier alpha value is -2.21. The van der Waals surface area contributed by atoms with Gasteiger partial charge in [-0.2, -0.15) is 0 Å². The highest BCUT2D eigenvalue weighted by Gasteiger charge is 2.35. The zero-order chi connectivity index (χ0) is 25.9. The molecule has 1 N–H and O–H groups in total. The van der Waals surface area contributed by atoms with Crippen molar-refractivity contribution in [3.05, 3.63) is 103 Å². The maximum absolute atomic E-state index is 13.9. The molecule has 0 bridgehead atoms. The van der Waals surface area contributed by atoms with Gasteiger partial charge < -0.3 is 15.0 Å². The standard InChI is InChI=1S/C29H26Cl4N2O2/c30-21-11-18(12-22(31)14-21)17-37-24-5-1-3-19(13-24)25-9-10-34-15-26(25)29(36)35(23-7-8-23)16-20-4-2-6-27(32)28(20)33/h1-6,11-14,23,34H,7-10,15-17H2. The van der Waals surface area contributed by atoms with Crippen LogP contribution in [0.3, 0.4) is 0 Å². The van der Waals surface area contributed by atoms with Gasteiger partial charge in [-0.05, 0) is 84.5 Å². The molecule has 1 aliphatic carbocycles. The number of benzene rings is 3. The fraction of sp³-hybridized carbons (Fsp3) is 0.276. The van der Waals surface area contributed by atoms with Crippen molar-refractivity contribution in [3.8, 4) is 5.75 Å². The molecule has 0 unspecified atom stereocenters. The maximum Gasteiger partial charge on any atom is 0.251 e. The lowest BCUT2D eigenvalue weighted by atomic mass is 9.93. The highest BCUT2D eigenvalue weighted by atomic mass is 35.5. The number of amides is 1. The summed E-state index contributed by atoms with van der Waals surface area (Å²) in [5.41, 5.74) is 4.57. The van der Waals surface area contributed by atoms with Crippen LogP contribution in [0.1, 0.15) is 36.0 Å². The predicted molar refractivity (Wildman–Crippen MR) is 152 cm³/mol. The third-order valence-corrected chi connectivity index (χ3v) is 7.90. The first-order valence-corrected chi connectivity index (χ1v) is 13.7. The van der Waals surface area contributed by atoms with E-state index in [0.29, 0.717) is 39.8 Å². The van der Waals surface area contributed by atoms with Crippen LogP contribution >= 0.6 is 46.4 Å². The number of carbonyl (C=O) groups is 1.